The Balaban J connectivity index is 3.40. The fourth-order valence-electron chi connectivity index (χ4n) is 8.93. The van der Waals surface area contributed by atoms with Crippen LogP contribution in [-0.4, -0.2) is 70.3 Å². The van der Waals surface area contributed by atoms with Crippen LogP contribution >= 0.6 is 0 Å². The summed E-state index contributed by atoms with van der Waals surface area (Å²) in [5.74, 6) is 0. The van der Waals surface area contributed by atoms with Gasteiger partial charge in [-0.25, -0.2) is 0 Å². The fourth-order valence-corrected chi connectivity index (χ4v) is 8.93. The van der Waals surface area contributed by atoms with Crippen molar-refractivity contribution in [3.63, 3.8) is 0 Å². The molecule has 0 aliphatic heterocycles. The monoisotopic (exact) mass is 587 g/mol. The van der Waals surface area contributed by atoms with Gasteiger partial charge in [0.05, 0.1) is 0 Å². The van der Waals surface area contributed by atoms with E-state index >= 15 is 0 Å². The van der Waals surface area contributed by atoms with E-state index in [9.17, 15) is 30.6 Å². The van der Waals surface area contributed by atoms with Crippen LogP contribution in [0.25, 0.3) is 0 Å². The minimum absolute atomic E-state index is 0.0209. The molecule has 0 atom stereocenters. The maximum atomic E-state index is 10.5. The van der Waals surface area contributed by atoms with Gasteiger partial charge in [-0.15, -0.1) is 0 Å². The Morgan fingerprint density at radius 2 is 0.463 bits per heavy atom. The molecule has 0 amide bonds. The molecule has 1 aliphatic carbocycles. The predicted molar refractivity (Wildman–Crippen MR) is 170 cm³/mol. The highest BCUT2D eigenvalue weighted by molar-refractivity contribution is 5.08. The third-order valence-electron chi connectivity index (χ3n) is 11.0. The van der Waals surface area contributed by atoms with E-state index in [1.54, 1.807) is 0 Å². The number of aliphatic hydroxyl groups excluding tert-OH is 6. The molecule has 0 bridgehead atoms. The lowest BCUT2D eigenvalue weighted by Crippen LogP contribution is -2.56. The van der Waals surface area contributed by atoms with Gasteiger partial charge in [-0.2, -0.15) is 0 Å². The molecule has 6 nitrogen and oxygen atoms in total. The quantitative estimate of drug-likeness (QED) is 0.146. The Kier molecular flexibility index (Phi) is 22.8. The van der Waals surface area contributed by atoms with Crippen molar-refractivity contribution in [2.75, 3.05) is 39.6 Å². The molecule has 246 valence electrons. The molecule has 0 spiro atoms. The zero-order valence-corrected chi connectivity index (χ0v) is 26.8. The highest BCUT2D eigenvalue weighted by atomic mass is 16.3. The summed E-state index contributed by atoms with van der Waals surface area (Å²) in [6.07, 6.45) is 26.9. The van der Waals surface area contributed by atoms with Crippen molar-refractivity contribution in [2.45, 2.75) is 167 Å². The van der Waals surface area contributed by atoms with E-state index in [0.717, 1.165) is 38.5 Å². The summed E-state index contributed by atoms with van der Waals surface area (Å²) in [7, 11) is 0. The average molecular weight is 587 g/mol. The minimum atomic E-state index is -0.615. The van der Waals surface area contributed by atoms with Crippen molar-refractivity contribution in [3.8, 4) is 0 Å². The largest absolute Gasteiger partial charge is 0.396 e. The highest BCUT2D eigenvalue weighted by Gasteiger charge is 2.59. The number of hydrogen-bond donors (Lipinski definition) is 6. The molecule has 6 N–H and O–H groups in total. The molecule has 1 fully saturated rings. The van der Waals surface area contributed by atoms with Gasteiger partial charge in [0.25, 0.3) is 0 Å². The van der Waals surface area contributed by atoms with E-state index in [-0.39, 0.29) is 39.6 Å². The lowest BCUT2D eigenvalue weighted by Gasteiger charge is -2.62. The summed E-state index contributed by atoms with van der Waals surface area (Å²) in [5.41, 5.74) is -1.61. The summed E-state index contributed by atoms with van der Waals surface area (Å²) in [6.45, 7) is -0.200. The maximum absolute atomic E-state index is 10.5. The van der Waals surface area contributed by atoms with Crippen molar-refractivity contribution in [3.05, 3.63) is 0 Å². The summed E-state index contributed by atoms with van der Waals surface area (Å²) in [6, 6.07) is 0. The van der Waals surface area contributed by atoms with Gasteiger partial charge in [0.1, 0.15) is 0 Å². The van der Waals surface area contributed by atoms with Gasteiger partial charge >= 0.3 is 0 Å². The van der Waals surface area contributed by atoms with E-state index in [0.29, 0.717) is 38.5 Å². The number of aliphatic hydroxyl groups is 6. The SMILES string of the molecule is OCCC1(CCO)CCCCCCCCCCCCCCCCCCCCC(CCO)(CCO)C1(CCO)CCO. The van der Waals surface area contributed by atoms with Gasteiger partial charge in [0, 0.05) is 39.6 Å². The van der Waals surface area contributed by atoms with Gasteiger partial charge in [0.2, 0.25) is 0 Å². The molecule has 0 radical (unpaired) electrons. The molecule has 0 heterocycles. The van der Waals surface area contributed by atoms with Crippen LogP contribution in [0.15, 0.2) is 0 Å². The summed E-state index contributed by atoms with van der Waals surface area (Å²) < 4.78 is 0. The lowest BCUT2D eigenvalue weighted by molar-refractivity contribution is -0.159. The zero-order chi connectivity index (χ0) is 30.1. The van der Waals surface area contributed by atoms with Gasteiger partial charge in [-0.3, -0.25) is 0 Å². The summed E-state index contributed by atoms with van der Waals surface area (Å²) in [5, 5.41) is 62.7. The minimum Gasteiger partial charge on any atom is -0.396 e. The first-order valence-electron chi connectivity index (χ1n) is 17.7. The van der Waals surface area contributed by atoms with Crippen LogP contribution in [-0.2, 0) is 0 Å². The molecule has 0 unspecified atom stereocenters. The zero-order valence-electron chi connectivity index (χ0n) is 26.8. The second kappa shape index (κ2) is 24.1. The smallest absolute Gasteiger partial charge is 0.0436 e. The normalized spacial score (nSPS) is 22.7. The molecule has 41 heavy (non-hydrogen) atoms. The van der Waals surface area contributed by atoms with Crippen LogP contribution in [0.2, 0.25) is 0 Å². The van der Waals surface area contributed by atoms with Gasteiger partial charge in [-0.1, -0.05) is 116 Å². The maximum Gasteiger partial charge on any atom is 0.0436 e. The van der Waals surface area contributed by atoms with Crippen LogP contribution in [0, 0.1) is 16.2 Å². The van der Waals surface area contributed by atoms with E-state index in [1.807, 2.05) is 0 Å². The van der Waals surface area contributed by atoms with E-state index in [1.165, 1.54) is 89.9 Å². The third-order valence-corrected chi connectivity index (χ3v) is 11.0. The van der Waals surface area contributed by atoms with Crippen molar-refractivity contribution in [1.82, 2.24) is 0 Å². The molecule has 0 aromatic carbocycles. The molecule has 1 aliphatic rings. The first kappa shape index (κ1) is 38.8. The molecule has 0 saturated heterocycles. The lowest BCUT2D eigenvalue weighted by atomic mass is 9.42. The first-order chi connectivity index (χ1) is 20.1. The topological polar surface area (TPSA) is 121 Å². The molecule has 1 saturated carbocycles. The Hall–Kier alpha value is -0.240. The van der Waals surface area contributed by atoms with Crippen molar-refractivity contribution in [1.29, 1.82) is 0 Å². The van der Waals surface area contributed by atoms with Crippen molar-refractivity contribution in [2.24, 2.45) is 16.2 Å². The molecule has 0 aromatic rings. The molecule has 0 aromatic heterocycles. The summed E-state index contributed by atoms with van der Waals surface area (Å²) in [4.78, 5) is 0. The van der Waals surface area contributed by atoms with E-state index in [2.05, 4.69) is 0 Å². The molecule has 6 heteroatoms. The Morgan fingerprint density at radius 1 is 0.268 bits per heavy atom. The predicted octanol–water partition coefficient (Wildman–Crippen LogP) is 7.06. The van der Waals surface area contributed by atoms with Crippen molar-refractivity contribution >= 4 is 0 Å². The summed E-state index contributed by atoms with van der Waals surface area (Å²) >= 11 is 0. The molecule has 1 rings (SSSR count). The molecular formula is C35H70O6. The van der Waals surface area contributed by atoms with Gasteiger partial charge in [-0.05, 0) is 67.6 Å². The van der Waals surface area contributed by atoms with E-state index < -0.39 is 16.2 Å². The van der Waals surface area contributed by atoms with Crippen LogP contribution in [0.1, 0.15) is 167 Å². The first-order valence-corrected chi connectivity index (χ1v) is 17.7. The second-order valence-corrected chi connectivity index (χ2v) is 13.3. The Morgan fingerprint density at radius 3 is 0.659 bits per heavy atom. The number of rotatable bonds is 12. The van der Waals surface area contributed by atoms with Gasteiger partial charge < -0.3 is 30.6 Å². The Labute approximate surface area is 253 Å². The highest BCUT2D eigenvalue weighted by Crippen LogP contribution is 2.65. The van der Waals surface area contributed by atoms with Crippen LogP contribution in [0.4, 0.5) is 0 Å². The van der Waals surface area contributed by atoms with Crippen molar-refractivity contribution < 1.29 is 30.6 Å². The third kappa shape index (κ3) is 12.7. The van der Waals surface area contributed by atoms with Crippen LogP contribution in [0.3, 0.4) is 0 Å². The number of hydrogen-bond acceptors (Lipinski definition) is 6. The van der Waals surface area contributed by atoms with E-state index in [4.69, 9.17) is 0 Å². The van der Waals surface area contributed by atoms with Crippen LogP contribution < -0.4 is 0 Å². The average Bonchev–Trinajstić information content (AvgIpc) is 2.95. The Bertz CT molecular complexity index is 521. The van der Waals surface area contributed by atoms with Crippen LogP contribution in [0.5, 0.6) is 0 Å². The fraction of sp³-hybridized carbons (Fsp3) is 1.00. The standard InChI is InChI=1S/C35H70O6/c36-27-21-33(22-28-37)19-17-15-13-11-9-7-5-3-1-2-4-6-8-10-12-14-16-18-20-34(23-29-38,24-30-39)35(33,25-31-40)26-32-41/h36-41H,1-32H2. The van der Waals surface area contributed by atoms with Gasteiger partial charge in [0.15, 0.2) is 0 Å². The molecular weight excluding hydrogens is 516 g/mol. The second-order valence-electron chi connectivity index (χ2n) is 13.3.